The molecule has 0 spiro atoms. The van der Waals surface area contributed by atoms with E-state index in [1.165, 1.54) is 0 Å². The maximum atomic E-state index is 15.2. The fraction of sp³-hybridized carbons (Fsp3) is 0.571. The minimum absolute atomic E-state index is 0.0243. The SMILES string of the molecule is CCOC(=O)c1c(C)[nH]c(C2=C(O)C(=C3CC(=NC(=O)C(C)(C)C4CCCC4)C(C(=O)OC4C(C(C)(C)C)CC(C)CC4C(C)(C)C)=C3c3ccccc3)C2=O)c1C. The largest absolute Gasteiger partial charge is 0.506 e. The maximum Gasteiger partial charge on any atom is 0.340 e. The van der Waals surface area contributed by atoms with Crippen molar-refractivity contribution in [1.82, 2.24) is 4.98 Å². The Labute approximate surface area is 344 Å². The molecule has 6 rings (SSSR count). The smallest absolute Gasteiger partial charge is 0.340 e. The Morgan fingerprint density at radius 2 is 1.45 bits per heavy atom. The number of ketones is 1. The summed E-state index contributed by atoms with van der Waals surface area (Å²) < 4.78 is 12.1. The summed E-state index contributed by atoms with van der Waals surface area (Å²) in [6.45, 7) is 24.8. The number of aliphatic imine (C=N–C) groups is 1. The van der Waals surface area contributed by atoms with Crippen molar-refractivity contribution < 1.29 is 33.8 Å². The van der Waals surface area contributed by atoms with Crippen molar-refractivity contribution in [3.63, 3.8) is 0 Å². The molecule has 4 aliphatic carbocycles. The zero-order chi connectivity index (χ0) is 42.6. The number of allylic oxidation sites excluding steroid dienone is 4. The molecule has 58 heavy (non-hydrogen) atoms. The average molecular weight is 793 g/mol. The number of benzene rings is 1. The lowest BCUT2D eigenvalue weighted by atomic mass is 9.59. The number of hydrogen-bond donors (Lipinski definition) is 2. The number of carbonyl (C=O) groups is 4. The lowest BCUT2D eigenvalue weighted by molar-refractivity contribution is -0.164. The zero-order valence-electron chi connectivity index (χ0n) is 36.8. The Bertz CT molecular complexity index is 2100. The normalized spacial score (nSPS) is 25.4. The molecule has 9 nitrogen and oxygen atoms in total. The van der Waals surface area contributed by atoms with Gasteiger partial charge in [-0.3, -0.25) is 9.59 Å². The molecule has 2 saturated carbocycles. The van der Waals surface area contributed by atoms with Crippen LogP contribution in [-0.2, 0) is 23.9 Å². The molecule has 2 atom stereocenters. The molecule has 0 radical (unpaired) electrons. The second kappa shape index (κ2) is 15.9. The van der Waals surface area contributed by atoms with Gasteiger partial charge in [-0.2, -0.15) is 0 Å². The second-order valence-electron chi connectivity index (χ2n) is 20.0. The number of nitrogens with one attached hydrogen (secondary N) is 1. The third kappa shape index (κ3) is 7.82. The van der Waals surface area contributed by atoms with Crippen molar-refractivity contribution in [2.75, 3.05) is 6.61 Å². The lowest BCUT2D eigenvalue weighted by Crippen LogP contribution is -2.49. The first-order valence-electron chi connectivity index (χ1n) is 21.3. The predicted octanol–water partition coefficient (Wildman–Crippen LogP) is 10.7. The van der Waals surface area contributed by atoms with Crippen LogP contribution in [0.25, 0.3) is 11.1 Å². The summed E-state index contributed by atoms with van der Waals surface area (Å²) >= 11 is 0. The molecule has 0 aliphatic heterocycles. The molecule has 2 unspecified atom stereocenters. The molecule has 312 valence electrons. The molecule has 0 bridgehead atoms. The number of aromatic nitrogens is 1. The molecule has 2 aromatic rings. The first-order chi connectivity index (χ1) is 27.1. The van der Waals surface area contributed by atoms with E-state index in [9.17, 15) is 19.5 Å². The minimum Gasteiger partial charge on any atom is -0.506 e. The number of H-pyrrole nitrogens is 1. The number of nitrogens with zero attached hydrogens (tertiary/aromatic N) is 1. The van der Waals surface area contributed by atoms with Crippen LogP contribution in [0.2, 0.25) is 0 Å². The van der Waals surface area contributed by atoms with Gasteiger partial charge in [0.1, 0.15) is 11.9 Å². The number of aliphatic hydroxyl groups excluding tert-OH is 1. The molecule has 2 fully saturated rings. The average Bonchev–Trinajstić information content (AvgIpc) is 3.87. The highest BCUT2D eigenvalue weighted by atomic mass is 16.5. The van der Waals surface area contributed by atoms with E-state index < -0.39 is 29.2 Å². The highest BCUT2D eigenvalue weighted by Crippen LogP contribution is 2.52. The minimum atomic E-state index is -0.767. The fourth-order valence-corrected chi connectivity index (χ4v) is 10.2. The van der Waals surface area contributed by atoms with E-state index in [-0.39, 0.29) is 75.7 Å². The van der Waals surface area contributed by atoms with Crippen LogP contribution in [0.1, 0.15) is 147 Å². The first-order valence-corrected chi connectivity index (χ1v) is 21.3. The van der Waals surface area contributed by atoms with Gasteiger partial charge in [-0.05, 0) is 85.8 Å². The van der Waals surface area contributed by atoms with Crippen LogP contribution in [0.15, 0.2) is 57.8 Å². The second-order valence-corrected chi connectivity index (χ2v) is 20.0. The third-order valence-electron chi connectivity index (χ3n) is 13.6. The summed E-state index contributed by atoms with van der Waals surface area (Å²) in [5.74, 6) is -1.33. The number of aliphatic hydroxyl groups is 1. The van der Waals surface area contributed by atoms with Gasteiger partial charge < -0.3 is 19.6 Å². The Hall–Kier alpha value is -4.53. The Morgan fingerprint density at radius 1 is 0.862 bits per heavy atom. The molecule has 1 amide bonds. The van der Waals surface area contributed by atoms with Crippen LogP contribution < -0.4 is 0 Å². The van der Waals surface area contributed by atoms with Gasteiger partial charge in [0, 0.05) is 34.9 Å². The van der Waals surface area contributed by atoms with Crippen molar-refractivity contribution in [2.24, 2.45) is 44.9 Å². The quantitative estimate of drug-likeness (QED) is 0.201. The van der Waals surface area contributed by atoms with E-state index >= 15 is 4.79 Å². The summed E-state index contributed by atoms with van der Waals surface area (Å²) in [5, 5.41) is 11.9. The maximum absolute atomic E-state index is 15.2. The van der Waals surface area contributed by atoms with Crippen LogP contribution in [-0.4, -0.2) is 52.1 Å². The number of hydrogen-bond acceptors (Lipinski definition) is 7. The van der Waals surface area contributed by atoms with Gasteiger partial charge in [-0.15, -0.1) is 0 Å². The number of amides is 1. The zero-order valence-corrected chi connectivity index (χ0v) is 36.8. The van der Waals surface area contributed by atoms with Crippen molar-refractivity contribution >= 4 is 40.5 Å². The van der Waals surface area contributed by atoms with E-state index in [4.69, 9.17) is 14.5 Å². The van der Waals surface area contributed by atoms with Crippen molar-refractivity contribution in [2.45, 2.75) is 134 Å². The molecular formula is C49H64N2O7. The Morgan fingerprint density at radius 3 is 1.98 bits per heavy atom. The summed E-state index contributed by atoms with van der Waals surface area (Å²) in [7, 11) is 0. The third-order valence-corrected chi connectivity index (χ3v) is 13.6. The predicted molar refractivity (Wildman–Crippen MR) is 228 cm³/mol. The molecular weight excluding hydrogens is 729 g/mol. The van der Waals surface area contributed by atoms with E-state index in [0.29, 0.717) is 45.1 Å². The summed E-state index contributed by atoms with van der Waals surface area (Å²) in [6, 6.07) is 9.32. The van der Waals surface area contributed by atoms with Crippen LogP contribution in [0.5, 0.6) is 0 Å². The Balaban J connectivity index is 1.56. The van der Waals surface area contributed by atoms with Gasteiger partial charge in [-0.25, -0.2) is 14.6 Å². The van der Waals surface area contributed by atoms with E-state index in [0.717, 1.165) is 38.5 Å². The topological polar surface area (TPSA) is 135 Å². The molecule has 9 heteroatoms. The molecule has 1 heterocycles. The number of aryl methyl sites for hydroxylation is 1. The van der Waals surface area contributed by atoms with Gasteiger partial charge in [0.25, 0.3) is 5.91 Å². The molecule has 0 saturated heterocycles. The monoisotopic (exact) mass is 792 g/mol. The highest BCUT2D eigenvalue weighted by Gasteiger charge is 2.50. The van der Waals surface area contributed by atoms with Gasteiger partial charge >= 0.3 is 11.9 Å². The fourth-order valence-electron chi connectivity index (χ4n) is 10.2. The van der Waals surface area contributed by atoms with E-state index in [1.807, 2.05) is 44.2 Å². The lowest BCUT2D eigenvalue weighted by Gasteiger charge is -2.50. The number of aromatic amines is 1. The number of rotatable bonds is 8. The molecule has 1 aromatic carbocycles. The summed E-state index contributed by atoms with van der Waals surface area (Å²) in [4.78, 5) is 64.8. The van der Waals surface area contributed by atoms with Crippen LogP contribution >= 0.6 is 0 Å². The number of Topliss-reactive ketones (excluding diaryl/α,β-unsaturated/α-hetero) is 1. The van der Waals surface area contributed by atoms with Gasteiger partial charge in [0.2, 0.25) is 5.78 Å². The summed E-state index contributed by atoms with van der Waals surface area (Å²) in [5.41, 5.74) is 2.60. The first kappa shape index (κ1) is 43.1. The summed E-state index contributed by atoms with van der Waals surface area (Å²) in [6.07, 6.45) is 5.39. The van der Waals surface area contributed by atoms with E-state index in [2.05, 4.69) is 53.5 Å². The van der Waals surface area contributed by atoms with Crippen LogP contribution in [0.3, 0.4) is 0 Å². The number of esters is 2. The highest BCUT2D eigenvalue weighted by molar-refractivity contribution is 6.42. The van der Waals surface area contributed by atoms with Crippen LogP contribution in [0.4, 0.5) is 0 Å². The van der Waals surface area contributed by atoms with Crippen molar-refractivity contribution in [3.8, 4) is 0 Å². The van der Waals surface area contributed by atoms with Crippen molar-refractivity contribution in [3.05, 3.63) is 80.9 Å². The van der Waals surface area contributed by atoms with E-state index in [1.54, 1.807) is 20.8 Å². The van der Waals surface area contributed by atoms with Gasteiger partial charge in [0.15, 0.2) is 0 Å². The standard InChI is InChI=1S/C49H64N2O7/c1-13-57-44(54)35-27(3)40(50-28(35)4)39-41(52)37(42(39)53)31-25-34(51-46(56)49(11,12)30-21-17-18-22-30)38(36(31)29-19-15-14-16-20-29)45(55)58-43-32(47(5,6)7)23-26(2)24-33(43)48(8,9)10/h14-16,19-20,26,30,32-33,43,50,52H,13,17-18,21-25H2,1-12H3. The van der Waals surface area contributed by atoms with Gasteiger partial charge in [-0.1, -0.05) is 105 Å². The van der Waals surface area contributed by atoms with Gasteiger partial charge in [0.05, 0.1) is 40.3 Å². The number of carbonyl (C=O) groups excluding carboxylic acids is 4. The van der Waals surface area contributed by atoms with Crippen molar-refractivity contribution in [1.29, 1.82) is 0 Å². The van der Waals surface area contributed by atoms with Crippen LogP contribution in [0, 0.1) is 53.8 Å². The number of ether oxygens (including phenoxy) is 2. The molecule has 4 aliphatic rings. The Kier molecular flexibility index (Phi) is 11.8. The molecule has 2 N–H and O–H groups in total. The molecule has 1 aromatic heterocycles.